The van der Waals surface area contributed by atoms with Crippen LogP contribution < -0.4 is 5.73 Å². The minimum Gasteiger partial charge on any atom is -0.494 e. The fourth-order valence-corrected chi connectivity index (χ4v) is 1.89. The minimum atomic E-state index is 0.162. The van der Waals surface area contributed by atoms with Gasteiger partial charge >= 0.3 is 0 Å². The van der Waals surface area contributed by atoms with Crippen molar-refractivity contribution in [2.24, 2.45) is 5.73 Å². The van der Waals surface area contributed by atoms with Crippen molar-refractivity contribution in [3.8, 4) is 11.8 Å². The van der Waals surface area contributed by atoms with Crippen molar-refractivity contribution in [1.82, 2.24) is 0 Å². The first-order chi connectivity index (χ1) is 8.26. The van der Waals surface area contributed by atoms with Gasteiger partial charge < -0.3 is 10.5 Å². The average Bonchev–Trinajstić information content (AvgIpc) is 2.32. The summed E-state index contributed by atoms with van der Waals surface area (Å²) in [6.45, 7) is 3.89. The van der Waals surface area contributed by atoms with E-state index < -0.39 is 0 Å². The standard InChI is InChI=1S/C15H23NO/c1-3-5-9-14(10-6-4-2)17-15-11-7-8-13(16)12-15/h3,5,11,13-14H,7-10,12,16H2,1-2H3/b5-3-. The van der Waals surface area contributed by atoms with Crippen LogP contribution in [-0.2, 0) is 4.74 Å². The zero-order valence-electron chi connectivity index (χ0n) is 10.9. The molecule has 0 saturated heterocycles. The first-order valence-corrected chi connectivity index (χ1v) is 6.38. The molecule has 0 aliphatic heterocycles. The number of nitrogens with two attached hydrogens (primary N) is 1. The molecule has 0 aromatic rings. The van der Waals surface area contributed by atoms with Crippen LogP contribution in [0.25, 0.3) is 0 Å². The van der Waals surface area contributed by atoms with Crippen LogP contribution in [0, 0.1) is 11.8 Å². The van der Waals surface area contributed by atoms with Gasteiger partial charge in [0.25, 0.3) is 0 Å². The fraction of sp³-hybridized carbons (Fsp3) is 0.600. The second kappa shape index (κ2) is 7.97. The number of rotatable bonds is 5. The lowest BCUT2D eigenvalue weighted by molar-refractivity contribution is 0.109. The van der Waals surface area contributed by atoms with Crippen LogP contribution in [0.15, 0.2) is 24.0 Å². The van der Waals surface area contributed by atoms with E-state index in [1.54, 1.807) is 0 Å². The van der Waals surface area contributed by atoms with Crippen LogP contribution in [0.3, 0.4) is 0 Å². The third-order valence-electron chi connectivity index (χ3n) is 2.83. The smallest absolute Gasteiger partial charge is 0.112 e. The van der Waals surface area contributed by atoms with Crippen molar-refractivity contribution in [2.75, 3.05) is 0 Å². The molecule has 0 aromatic carbocycles. The van der Waals surface area contributed by atoms with E-state index in [-0.39, 0.29) is 12.1 Å². The van der Waals surface area contributed by atoms with Crippen LogP contribution in [0.2, 0.25) is 0 Å². The molecule has 1 aliphatic carbocycles. The third kappa shape index (κ3) is 5.60. The topological polar surface area (TPSA) is 35.2 Å². The van der Waals surface area contributed by atoms with Crippen molar-refractivity contribution >= 4 is 0 Å². The lowest BCUT2D eigenvalue weighted by Crippen LogP contribution is -2.25. The molecule has 0 amide bonds. The fourth-order valence-electron chi connectivity index (χ4n) is 1.89. The third-order valence-corrected chi connectivity index (χ3v) is 2.83. The highest BCUT2D eigenvalue weighted by molar-refractivity contribution is 5.04. The van der Waals surface area contributed by atoms with Gasteiger partial charge in [0.05, 0.1) is 5.76 Å². The summed E-state index contributed by atoms with van der Waals surface area (Å²) in [6.07, 6.45) is 11.2. The van der Waals surface area contributed by atoms with Crippen molar-refractivity contribution in [3.63, 3.8) is 0 Å². The summed E-state index contributed by atoms with van der Waals surface area (Å²) in [4.78, 5) is 0. The predicted octanol–water partition coefficient (Wildman–Crippen LogP) is 3.15. The molecule has 0 spiro atoms. The molecular weight excluding hydrogens is 210 g/mol. The Hall–Kier alpha value is -1.20. The Morgan fingerprint density at radius 3 is 3.12 bits per heavy atom. The Labute approximate surface area is 105 Å². The highest BCUT2D eigenvalue weighted by Gasteiger charge is 2.15. The van der Waals surface area contributed by atoms with Gasteiger partial charge in [-0.15, -0.1) is 5.92 Å². The zero-order chi connectivity index (χ0) is 12.5. The highest BCUT2D eigenvalue weighted by Crippen LogP contribution is 2.21. The second-order valence-electron chi connectivity index (χ2n) is 4.39. The molecule has 0 saturated carbocycles. The Balaban J connectivity index is 2.51. The first-order valence-electron chi connectivity index (χ1n) is 6.38. The molecule has 0 heterocycles. The van der Waals surface area contributed by atoms with Crippen molar-refractivity contribution in [3.05, 3.63) is 24.0 Å². The maximum absolute atomic E-state index is 5.99. The molecule has 2 heteroatoms. The Bertz CT molecular complexity index is 333. The summed E-state index contributed by atoms with van der Waals surface area (Å²) in [5.41, 5.74) is 5.94. The molecule has 2 unspecified atom stereocenters. The second-order valence-corrected chi connectivity index (χ2v) is 4.39. The largest absolute Gasteiger partial charge is 0.494 e. The van der Waals surface area contributed by atoms with Gasteiger partial charge in [-0.2, -0.15) is 0 Å². The van der Waals surface area contributed by atoms with Crippen LogP contribution in [0.5, 0.6) is 0 Å². The van der Waals surface area contributed by atoms with E-state index in [1.807, 2.05) is 13.8 Å². The van der Waals surface area contributed by atoms with E-state index in [1.165, 1.54) is 0 Å². The number of ether oxygens (including phenoxy) is 1. The quantitative estimate of drug-likeness (QED) is 0.585. The van der Waals surface area contributed by atoms with E-state index in [9.17, 15) is 0 Å². The lowest BCUT2D eigenvalue weighted by atomic mass is 10.0. The number of allylic oxidation sites excluding steroid dienone is 2. The normalized spacial score (nSPS) is 21.6. The molecule has 17 heavy (non-hydrogen) atoms. The van der Waals surface area contributed by atoms with Gasteiger partial charge in [0, 0.05) is 25.3 Å². The SMILES string of the molecule is CC#CCC(C/C=C\C)OC1=CCCC(N)C1. The molecule has 94 valence electrons. The monoisotopic (exact) mass is 233 g/mol. The minimum absolute atomic E-state index is 0.162. The van der Waals surface area contributed by atoms with E-state index in [0.717, 1.165) is 37.9 Å². The van der Waals surface area contributed by atoms with Gasteiger partial charge in [0.15, 0.2) is 0 Å². The van der Waals surface area contributed by atoms with Crippen molar-refractivity contribution in [2.45, 2.75) is 58.1 Å². The molecule has 2 N–H and O–H groups in total. The zero-order valence-corrected chi connectivity index (χ0v) is 10.9. The van der Waals surface area contributed by atoms with E-state index in [0.29, 0.717) is 0 Å². The highest BCUT2D eigenvalue weighted by atomic mass is 16.5. The maximum atomic E-state index is 5.99. The molecule has 1 rings (SSSR count). The molecule has 0 fully saturated rings. The molecular formula is C15H23NO. The first kappa shape index (κ1) is 13.9. The van der Waals surface area contributed by atoms with Crippen LogP contribution in [0.1, 0.15) is 46.0 Å². The van der Waals surface area contributed by atoms with Crippen LogP contribution in [-0.4, -0.2) is 12.1 Å². The molecule has 0 bridgehead atoms. The van der Waals surface area contributed by atoms with Gasteiger partial charge in [-0.3, -0.25) is 0 Å². The van der Waals surface area contributed by atoms with Gasteiger partial charge in [-0.25, -0.2) is 0 Å². The van der Waals surface area contributed by atoms with Gasteiger partial charge in [0.1, 0.15) is 6.10 Å². The number of hydrogen-bond donors (Lipinski definition) is 1. The summed E-state index contributed by atoms with van der Waals surface area (Å²) in [5, 5.41) is 0. The summed E-state index contributed by atoms with van der Waals surface area (Å²) >= 11 is 0. The Kier molecular flexibility index (Phi) is 6.50. The summed E-state index contributed by atoms with van der Waals surface area (Å²) in [6, 6.07) is 0.259. The van der Waals surface area contributed by atoms with E-state index in [2.05, 4.69) is 30.1 Å². The maximum Gasteiger partial charge on any atom is 0.112 e. The molecule has 0 radical (unpaired) electrons. The molecule has 2 atom stereocenters. The van der Waals surface area contributed by atoms with Crippen molar-refractivity contribution in [1.29, 1.82) is 0 Å². The van der Waals surface area contributed by atoms with Crippen LogP contribution >= 0.6 is 0 Å². The molecule has 0 aromatic heterocycles. The Morgan fingerprint density at radius 1 is 1.65 bits per heavy atom. The Morgan fingerprint density at radius 2 is 2.47 bits per heavy atom. The van der Waals surface area contributed by atoms with Gasteiger partial charge in [0.2, 0.25) is 0 Å². The predicted molar refractivity (Wildman–Crippen MR) is 72.3 cm³/mol. The molecule has 2 nitrogen and oxygen atoms in total. The van der Waals surface area contributed by atoms with E-state index in [4.69, 9.17) is 10.5 Å². The summed E-state index contributed by atoms with van der Waals surface area (Å²) < 4.78 is 5.99. The average molecular weight is 233 g/mol. The van der Waals surface area contributed by atoms with Crippen LogP contribution in [0.4, 0.5) is 0 Å². The lowest BCUT2D eigenvalue weighted by Gasteiger charge is -2.23. The molecule has 1 aliphatic rings. The summed E-state index contributed by atoms with van der Waals surface area (Å²) in [5.74, 6) is 7.07. The van der Waals surface area contributed by atoms with Crippen molar-refractivity contribution < 1.29 is 4.74 Å². The van der Waals surface area contributed by atoms with Gasteiger partial charge in [-0.05, 0) is 32.8 Å². The summed E-state index contributed by atoms with van der Waals surface area (Å²) in [7, 11) is 0. The number of hydrogen-bond acceptors (Lipinski definition) is 2. The van der Waals surface area contributed by atoms with Gasteiger partial charge in [-0.1, -0.05) is 18.1 Å². The van der Waals surface area contributed by atoms with E-state index >= 15 is 0 Å².